The first-order chi connectivity index (χ1) is 8.25. The van der Waals surface area contributed by atoms with Gasteiger partial charge in [0.15, 0.2) is 0 Å². The third-order valence-electron chi connectivity index (χ3n) is 2.74. The van der Waals surface area contributed by atoms with Crippen molar-refractivity contribution in [2.75, 3.05) is 20.1 Å². The van der Waals surface area contributed by atoms with E-state index < -0.39 is 11.5 Å². The first kappa shape index (κ1) is 16.9. The fraction of sp³-hybridized carbons (Fsp3) is 0.846. The number of amides is 2. The highest BCUT2D eigenvalue weighted by Gasteiger charge is 2.32. The number of carbonyl (C=O) groups excluding carboxylic acids is 2. The molecule has 0 aliphatic heterocycles. The number of carbonyl (C=O) groups is 2. The van der Waals surface area contributed by atoms with Crippen LogP contribution in [-0.4, -0.2) is 42.9 Å². The molecule has 2 amide bonds. The molecule has 106 valence electrons. The van der Waals surface area contributed by atoms with Crippen LogP contribution in [0.25, 0.3) is 0 Å². The lowest BCUT2D eigenvalue weighted by Gasteiger charge is -2.32. The van der Waals surface area contributed by atoms with Gasteiger partial charge in [-0.2, -0.15) is 0 Å². The Kier molecular flexibility index (Phi) is 6.91. The summed E-state index contributed by atoms with van der Waals surface area (Å²) in [5.74, 6) is -0.147. The van der Waals surface area contributed by atoms with Crippen molar-refractivity contribution in [2.45, 2.75) is 46.6 Å². The molecular formula is C13H27N3O2. The van der Waals surface area contributed by atoms with Crippen LogP contribution in [-0.2, 0) is 9.59 Å². The minimum Gasteiger partial charge on any atom is -0.353 e. The quantitative estimate of drug-likeness (QED) is 0.736. The summed E-state index contributed by atoms with van der Waals surface area (Å²) in [5.41, 5.74) is 4.88. The Morgan fingerprint density at radius 2 is 1.89 bits per heavy atom. The van der Waals surface area contributed by atoms with Crippen LogP contribution in [0.15, 0.2) is 0 Å². The maximum atomic E-state index is 12.2. The van der Waals surface area contributed by atoms with Crippen LogP contribution in [0.3, 0.4) is 0 Å². The van der Waals surface area contributed by atoms with Crippen molar-refractivity contribution in [1.29, 1.82) is 0 Å². The smallest absolute Gasteiger partial charge is 0.242 e. The number of rotatable bonds is 6. The van der Waals surface area contributed by atoms with Crippen molar-refractivity contribution < 1.29 is 9.59 Å². The van der Waals surface area contributed by atoms with Crippen LogP contribution in [0.4, 0.5) is 0 Å². The summed E-state index contributed by atoms with van der Waals surface area (Å²) in [7, 11) is 1.69. The summed E-state index contributed by atoms with van der Waals surface area (Å²) >= 11 is 0. The highest BCUT2D eigenvalue weighted by atomic mass is 16.2. The van der Waals surface area contributed by atoms with E-state index in [1.165, 1.54) is 0 Å². The van der Waals surface area contributed by atoms with E-state index in [9.17, 15) is 9.59 Å². The largest absolute Gasteiger partial charge is 0.353 e. The van der Waals surface area contributed by atoms with Gasteiger partial charge in [-0.3, -0.25) is 9.59 Å². The van der Waals surface area contributed by atoms with Crippen LogP contribution >= 0.6 is 0 Å². The molecule has 0 aromatic rings. The molecule has 0 spiro atoms. The van der Waals surface area contributed by atoms with Gasteiger partial charge in [0, 0.05) is 25.6 Å². The van der Waals surface area contributed by atoms with E-state index in [0.29, 0.717) is 19.5 Å². The third kappa shape index (κ3) is 5.04. The molecule has 18 heavy (non-hydrogen) atoms. The monoisotopic (exact) mass is 257 g/mol. The molecule has 0 saturated carbocycles. The van der Waals surface area contributed by atoms with Gasteiger partial charge in [0.1, 0.15) is 6.04 Å². The molecule has 0 heterocycles. The Morgan fingerprint density at radius 3 is 2.28 bits per heavy atom. The maximum Gasteiger partial charge on any atom is 0.242 e. The zero-order valence-electron chi connectivity index (χ0n) is 12.2. The second kappa shape index (κ2) is 7.36. The highest BCUT2D eigenvalue weighted by Crippen LogP contribution is 2.19. The van der Waals surface area contributed by atoms with Gasteiger partial charge < -0.3 is 16.0 Å². The van der Waals surface area contributed by atoms with Crippen LogP contribution in [0.2, 0.25) is 0 Å². The summed E-state index contributed by atoms with van der Waals surface area (Å²) in [6.07, 6.45) is 1.51. The van der Waals surface area contributed by atoms with Crippen LogP contribution < -0.4 is 11.1 Å². The first-order valence-electron chi connectivity index (χ1n) is 6.50. The Balaban J connectivity index is 4.78. The molecule has 1 atom stereocenters. The normalized spacial score (nSPS) is 13.0. The molecule has 1 unspecified atom stereocenters. The highest BCUT2D eigenvalue weighted by molar-refractivity contribution is 5.89. The summed E-state index contributed by atoms with van der Waals surface area (Å²) in [5, 5.41) is 2.75. The minimum absolute atomic E-state index is 0.0242. The summed E-state index contributed by atoms with van der Waals surface area (Å²) in [6, 6.07) is -0.409. The van der Waals surface area contributed by atoms with Gasteiger partial charge in [0.2, 0.25) is 11.8 Å². The second-order valence-electron chi connectivity index (χ2n) is 5.55. The van der Waals surface area contributed by atoms with E-state index in [0.717, 1.165) is 6.42 Å². The maximum absolute atomic E-state index is 12.2. The fourth-order valence-corrected chi connectivity index (χ4v) is 1.76. The van der Waals surface area contributed by atoms with Gasteiger partial charge in [0.05, 0.1) is 0 Å². The van der Waals surface area contributed by atoms with Crippen LogP contribution in [0, 0.1) is 5.41 Å². The zero-order chi connectivity index (χ0) is 14.3. The predicted octanol–water partition coefficient (Wildman–Crippen LogP) is 0.735. The number of hydrogen-bond donors (Lipinski definition) is 2. The molecule has 5 heteroatoms. The number of nitrogens with two attached hydrogens (primary N) is 1. The van der Waals surface area contributed by atoms with E-state index in [2.05, 4.69) is 5.32 Å². The molecule has 0 bridgehead atoms. The second-order valence-corrected chi connectivity index (χ2v) is 5.55. The Bertz CT molecular complexity index is 284. The molecule has 0 rings (SSSR count). The fourth-order valence-electron chi connectivity index (χ4n) is 1.76. The van der Waals surface area contributed by atoms with E-state index in [-0.39, 0.29) is 11.8 Å². The average molecular weight is 257 g/mol. The molecule has 3 N–H and O–H groups in total. The summed E-state index contributed by atoms with van der Waals surface area (Å²) in [4.78, 5) is 25.7. The van der Waals surface area contributed by atoms with Gasteiger partial charge in [-0.1, -0.05) is 34.1 Å². The molecule has 0 aromatic heterocycles. The Hall–Kier alpha value is -1.10. The number of nitrogens with zero attached hydrogens (tertiary/aromatic N) is 1. The number of hydrogen-bond acceptors (Lipinski definition) is 3. The van der Waals surface area contributed by atoms with Crippen molar-refractivity contribution in [2.24, 2.45) is 11.1 Å². The minimum atomic E-state index is -0.477. The SMILES string of the molecule is CCCC(C(=O)NCCN)N(C)C(=O)C(C)(C)C. The zero-order valence-corrected chi connectivity index (χ0v) is 12.2. The van der Waals surface area contributed by atoms with Crippen molar-refractivity contribution in [1.82, 2.24) is 10.2 Å². The molecule has 5 nitrogen and oxygen atoms in total. The van der Waals surface area contributed by atoms with Gasteiger partial charge >= 0.3 is 0 Å². The van der Waals surface area contributed by atoms with E-state index >= 15 is 0 Å². The van der Waals surface area contributed by atoms with E-state index in [1.807, 2.05) is 27.7 Å². The molecule has 0 aliphatic rings. The third-order valence-corrected chi connectivity index (χ3v) is 2.74. The van der Waals surface area contributed by atoms with Crippen molar-refractivity contribution in [3.05, 3.63) is 0 Å². The van der Waals surface area contributed by atoms with Gasteiger partial charge in [-0.15, -0.1) is 0 Å². The Morgan fingerprint density at radius 1 is 1.33 bits per heavy atom. The van der Waals surface area contributed by atoms with Gasteiger partial charge in [-0.25, -0.2) is 0 Å². The first-order valence-corrected chi connectivity index (χ1v) is 6.50. The molecule has 0 aromatic carbocycles. The molecule has 0 saturated heterocycles. The summed E-state index contributed by atoms with van der Waals surface area (Å²) < 4.78 is 0. The average Bonchev–Trinajstić information content (AvgIpc) is 2.29. The predicted molar refractivity (Wildman–Crippen MR) is 73.0 cm³/mol. The van der Waals surface area contributed by atoms with Crippen molar-refractivity contribution >= 4 is 11.8 Å². The van der Waals surface area contributed by atoms with Crippen LogP contribution in [0.1, 0.15) is 40.5 Å². The van der Waals surface area contributed by atoms with Gasteiger partial charge in [0.25, 0.3) is 0 Å². The van der Waals surface area contributed by atoms with E-state index in [4.69, 9.17) is 5.73 Å². The number of likely N-dealkylation sites (N-methyl/N-ethyl adjacent to an activating group) is 1. The summed E-state index contributed by atoms with van der Waals surface area (Å²) in [6.45, 7) is 8.41. The molecule has 0 radical (unpaired) electrons. The topological polar surface area (TPSA) is 75.4 Å². The number of nitrogens with one attached hydrogen (secondary N) is 1. The Labute approximate surface area is 110 Å². The molecule has 0 fully saturated rings. The lowest BCUT2D eigenvalue weighted by molar-refractivity contribution is -0.145. The van der Waals surface area contributed by atoms with Crippen molar-refractivity contribution in [3.63, 3.8) is 0 Å². The van der Waals surface area contributed by atoms with Crippen molar-refractivity contribution in [3.8, 4) is 0 Å². The molecule has 0 aliphatic carbocycles. The lowest BCUT2D eigenvalue weighted by atomic mass is 9.93. The lowest BCUT2D eigenvalue weighted by Crippen LogP contribution is -2.51. The van der Waals surface area contributed by atoms with Crippen LogP contribution in [0.5, 0.6) is 0 Å². The van der Waals surface area contributed by atoms with Gasteiger partial charge in [-0.05, 0) is 6.42 Å². The standard InChI is InChI=1S/C13H27N3O2/c1-6-7-10(11(17)15-9-8-14)16(5)12(18)13(2,3)4/h10H,6-9,14H2,1-5H3,(H,15,17). The molecular weight excluding hydrogens is 230 g/mol. The van der Waals surface area contributed by atoms with E-state index in [1.54, 1.807) is 11.9 Å².